The Labute approximate surface area is 402 Å². The van der Waals surface area contributed by atoms with Crippen LogP contribution >= 0.6 is 0 Å². The van der Waals surface area contributed by atoms with E-state index < -0.39 is 0 Å². The van der Waals surface area contributed by atoms with Crippen molar-refractivity contribution in [1.82, 2.24) is 0 Å². The minimum atomic E-state index is 0.134. The number of para-hydroxylation sites is 2. The SMILES string of the molecule is Cc1cccc(N(C2=CCC(N(c3ccccc3)c3ccc(-c4ccc(N(c5ccccc5)c5ccc(N(c6cccc(C)c6)c6cccc(C)c6)cc5)cc4)cc3)C=C2)c2cccc(C)c2)c1. The Morgan fingerprint density at radius 2 is 0.632 bits per heavy atom. The first-order chi connectivity index (χ1) is 33.3. The summed E-state index contributed by atoms with van der Waals surface area (Å²) < 4.78 is 0. The van der Waals surface area contributed by atoms with Gasteiger partial charge in [-0.2, -0.15) is 0 Å². The average molecular weight is 881 g/mol. The third-order valence-electron chi connectivity index (χ3n) is 12.7. The van der Waals surface area contributed by atoms with Gasteiger partial charge in [0.05, 0.1) is 6.04 Å². The Hall–Kier alpha value is -8.34. The molecule has 4 nitrogen and oxygen atoms in total. The van der Waals surface area contributed by atoms with Gasteiger partial charge in [0.1, 0.15) is 0 Å². The van der Waals surface area contributed by atoms with Gasteiger partial charge in [-0.25, -0.2) is 0 Å². The Morgan fingerprint density at radius 1 is 0.309 bits per heavy atom. The highest BCUT2D eigenvalue weighted by molar-refractivity contribution is 5.83. The third kappa shape index (κ3) is 9.49. The number of rotatable bonds is 13. The van der Waals surface area contributed by atoms with Gasteiger partial charge in [0.2, 0.25) is 0 Å². The Balaban J connectivity index is 0.917. The number of hydrogen-bond donors (Lipinski definition) is 0. The molecule has 68 heavy (non-hydrogen) atoms. The van der Waals surface area contributed by atoms with Crippen LogP contribution in [0.3, 0.4) is 0 Å². The van der Waals surface area contributed by atoms with E-state index in [-0.39, 0.29) is 6.04 Å². The Kier molecular flexibility index (Phi) is 12.6. The van der Waals surface area contributed by atoms with Gasteiger partial charge < -0.3 is 19.6 Å². The van der Waals surface area contributed by atoms with E-state index in [9.17, 15) is 0 Å². The van der Waals surface area contributed by atoms with Gasteiger partial charge in [0.15, 0.2) is 0 Å². The molecule has 1 atom stereocenters. The number of allylic oxidation sites excluding steroid dienone is 1. The van der Waals surface area contributed by atoms with Crippen LogP contribution in [-0.2, 0) is 0 Å². The predicted octanol–water partition coefficient (Wildman–Crippen LogP) is 17.7. The van der Waals surface area contributed by atoms with Crippen LogP contribution in [0.5, 0.6) is 0 Å². The minimum absolute atomic E-state index is 0.134. The fourth-order valence-corrected chi connectivity index (χ4v) is 9.43. The lowest BCUT2D eigenvalue weighted by Gasteiger charge is -2.35. The first-order valence-corrected chi connectivity index (χ1v) is 23.6. The molecule has 9 aromatic carbocycles. The summed E-state index contributed by atoms with van der Waals surface area (Å²) in [6, 6.07) is 83.4. The summed E-state index contributed by atoms with van der Waals surface area (Å²) in [5.74, 6) is 0. The monoisotopic (exact) mass is 880 g/mol. The molecule has 0 saturated carbocycles. The lowest BCUT2D eigenvalue weighted by atomic mass is 10.00. The van der Waals surface area contributed by atoms with E-state index in [4.69, 9.17) is 0 Å². The lowest BCUT2D eigenvalue weighted by molar-refractivity contribution is 0.777. The van der Waals surface area contributed by atoms with Crippen molar-refractivity contribution < 1.29 is 0 Å². The standard InChI is InChI=1S/C64H56N4/c1-47-15-11-23-61(43-47)67(62-24-12-16-48(2)44-62)59-39-35-57(36-40-59)65(53-19-7-5-8-20-53)55-31-27-51(28-32-55)52-29-33-56(34-30-52)66(54-21-9-6-10-22-54)58-37-41-60(42-38-58)68(63-25-13-17-49(3)45-63)64-26-14-18-50(4)46-64/h5-37,39-46,58H,38H2,1-4H3. The van der Waals surface area contributed by atoms with Crippen LogP contribution < -0.4 is 19.6 Å². The second kappa shape index (κ2) is 19.6. The van der Waals surface area contributed by atoms with Crippen molar-refractivity contribution >= 4 is 56.9 Å². The molecule has 0 bridgehead atoms. The first kappa shape index (κ1) is 43.5. The van der Waals surface area contributed by atoms with Crippen molar-refractivity contribution in [3.05, 3.63) is 277 Å². The highest BCUT2D eigenvalue weighted by Gasteiger charge is 2.24. The molecule has 0 radical (unpaired) electrons. The van der Waals surface area contributed by atoms with Gasteiger partial charge in [-0.05, 0) is 195 Å². The van der Waals surface area contributed by atoms with Gasteiger partial charge in [-0.3, -0.25) is 0 Å². The van der Waals surface area contributed by atoms with Crippen molar-refractivity contribution in [3.63, 3.8) is 0 Å². The van der Waals surface area contributed by atoms with E-state index in [2.05, 4.69) is 296 Å². The summed E-state index contributed by atoms with van der Waals surface area (Å²) in [7, 11) is 0. The molecule has 0 fully saturated rings. The summed E-state index contributed by atoms with van der Waals surface area (Å²) in [6.07, 6.45) is 7.91. The van der Waals surface area contributed by atoms with Crippen LogP contribution in [0.1, 0.15) is 28.7 Å². The van der Waals surface area contributed by atoms with Gasteiger partial charge in [0, 0.05) is 62.6 Å². The highest BCUT2D eigenvalue weighted by atomic mass is 15.2. The molecule has 0 spiro atoms. The zero-order chi connectivity index (χ0) is 46.4. The molecule has 0 aromatic heterocycles. The number of hydrogen-bond acceptors (Lipinski definition) is 4. The van der Waals surface area contributed by atoms with E-state index in [0.717, 1.165) is 63.3 Å². The molecule has 4 heteroatoms. The number of benzene rings is 9. The van der Waals surface area contributed by atoms with Crippen molar-refractivity contribution in [2.45, 2.75) is 40.2 Å². The molecule has 9 aromatic rings. The quantitative estimate of drug-likeness (QED) is 0.114. The van der Waals surface area contributed by atoms with Crippen molar-refractivity contribution in [2.24, 2.45) is 0 Å². The molecule has 0 heterocycles. The van der Waals surface area contributed by atoms with Gasteiger partial charge >= 0.3 is 0 Å². The molecule has 0 aliphatic heterocycles. The maximum absolute atomic E-state index is 2.46. The smallest absolute Gasteiger partial charge is 0.0561 e. The maximum Gasteiger partial charge on any atom is 0.0561 e. The molecule has 10 rings (SSSR count). The summed E-state index contributed by atoms with van der Waals surface area (Å²) >= 11 is 0. The first-order valence-electron chi connectivity index (χ1n) is 23.6. The highest BCUT2D eigenvalue weighted by Crippen LogP contribution is 2.41. The van der Waals surface area contributed by atoms with E-state index in [1.54, 1.807) is 0 Å². The zero-order valence-corrected chi connectivity index (χ0v) is 39.2. The summed E-state index contributed by atoms with van der Waals surface area (Å²) in [5.41, 5.74) is 19.7. The van der Waals surface area contributed by atoms with E-state index >= 15 is 0 Å². The second-order valence-electron chi connectivity index (χ2n) is 17.8. The van der Waals surface area contributed by atoms with Crippen LogP contribution in [0.4, 0.5) is 56.9 Å². The molecular weight excluding hydrogens is 825 g/mol. The second-order valence-corrected chi connectivity index (χ2v) is 17.8. The molecule has 0 N–H and O–H groups in total. The molecular formula is C64H56N4. The normalized spacial score (nSPS) is 13.1. The van der Waals surface area contributed by atoms with Crippen LogP contribution in [0.2, 0.25) is 0 Å². The minimum Gasteiger partial charge on any atom is -0.334 e. The van der Waals surface area contributed by atoms with Crippen LogP contribution in [0.15, 0.2) is 254 Å². The Bertz CT molecular complexity index is 3100. The molecule has 332 valence electrons. The zero-order valence-electron chi connectivity index (χ0n) is 39.2. The number of anilines is 10. The van der Waals surface area contributed by atoms with Gasteiger partial charge in [-0.15, -0.1) is 0 Å². The maximum atomic E-state index is 2.46. The number of aryl methyl sites for hydroxylation is 4. The Morgan fingerprint density at radius 3 is 1.03 bits per heavy atom. The molecule has 0 amide bonds. The van der Waals surface area contributed by atoms with E-state index in [1.165, 1.54) is 39.1 Å². The van der Waals surface area contributed by atoms with Crippen molar-refractivity contribution in [2.75, 3.05) is 19.6 Å². The topological polar surface area (TPSA) is 13.0 Å². The summed E-state index contributed by atoms with van der Waals surface area (Å²) in [6.45, 7) is 8.61. The largest absolute Gasteiger partial charge is 0.334 e. The fraction of sp³-hybridized carbons (Fsp3) is 0.0938. The van der Waals surface area contributed by atoms with Gasteiger partial charge in [0.25, 0.3) is 0 Å². The number of nitrogens with zero attached hydrogens (tertiary/aromatic N) is 4. The molecule has 0 saturated heterocycles. The van der Waals surface area contributed by atoms with Crippen molar-refractivity contribution in [1.29, 1.82) is 0 Å². The van der Waals surface area contributed by atoms with E-state index in [1.807, 2.05) is 0 Å². The average Bonchev–Trinajstić information content (AvgIpc) is 3.37. The molecule has 1 unspecified atom stereocenters. The fourth-order valence-electron chi connectivity index (χ4n) is 9.43. The van der Waals surface area contributed by atoms with Gasteiger partial charge in [-0.1, -0.05) is 121 Å². The third-order valence-corrected chi connectivity index (χ3v) is 12.7. The van der Waals surface area contributed by atoms with Crippen LogP contribution in [0, 0.1) is 27.7 Å². The predicted molar refractivity (Wildman–Crippen MR) is 289 cm³/mol. The van der Waals surface area contributed by atoms with Crippen LogP contribution in [0.25, 0.3) is 11.1 Å². The van der Waals surface area contributed by atoms with Crippen LogP contribution in [-0.4, -0.2) is 6.04 Å². The summed E-state index contributed by atoms with van der Waals surface area (Å²) in [5, 5.41) is 0. The van der Waals surface area contributed by atoms with E-state index in [0.29, 0.717) is 0 Å². The molecule has 1 aliphatic rings. The lowest BCUT2D eigenvalue weighted by Crippen LogP contribution is -2.31. The summed E-state index contributed by atoms with van der Waals surface area (Å²) in [4.78, 5) is 9.51. The molecule has 1 aliphatic carbocycles. The van der Waals surface area contributed by atoms with Crippen molar-refractivity contribution in [3.8, 4) is 11.1 Å².